The highest BCUT2D eigenvalue weighted by Gasteiger charge is 2.17. The van der Waals surface area contributed by atoms with Crippen molar-refractivity contribution in [3.05, 3.63) is 78.5 Å². The summed E-state index contributed by atoms with van der Waals surface area (Å²) in [4.78, 5) is 16.6. The molecule has 3 aromatic heterocycles. The van der Waals surface area contributed by atoms with E-state index in [-0.39, 0.29) is 11.5 Å². The van der Waals surface area contributed by atoms with Crippen LogP contribution in [-0.2, 0) is 6.54 Å². The molecule has 0 aliphatic carbocycles. The van der Waals surface area contributed by atoms with Crippen LogP contribution >= 0.6 is 11.8 Å². The SMILES string of the molecule is COc1ccc(C(=O)CSc2nnc(-c3ccncc3)n2Cc2ccco2)cc1. The summed E-state index contributed by atoms with van der Waals surface area (Å²) >= 11 is 1.35. The molecule has 0 aliphatic heterocycles. The summed E-state index contributed by atoms with van der Waals surface area (Å²) in [7, 11) is 1.60. The Bertz CT molecular complexity index is 1080. The molecular formula is C21H18N4O3S. The number of hydrogen-bond donors (Lipinski definition) is 0. The van der Waals surface area contributed by atoms with Gasteiger partial charge in [0.25, 0.3) is 0 Å². The van der Waals surface area contributed by atoms with E-state index in [4.69, 9.17) is 9.15 Å². The topological polar surface area (TPSA) is 83.0 Å². The van der Waals surface area contributed by atoms with Gasteiger partial charge in [-0.25, -0.2) is 0 Å². The van der Waals surface area contributed by atoms with Gasteiger partial charge >= 0.3 is 0 Å². The van der Waals surface area contributed by atoms with Crippen molar-refractivity contribution in [1.82, 2.24) is 19.7 Å². The second-order valence-electron chi connectivity index (χ2n) is 6.15. The number of rotatable bonds is 8. The summed E-state index contributed by atoms with van der Waals surface area (Å²) in [5.74, 6) is 2.45. The number of benzene rings is 1. The fourth-order valence-electron chi connectivity index (χ4n) is 2.80. The van der Waals surface area contributed by atoms with E-state index in [1.165, 1.54) is 11.8 Å². The minimum absolute atomic E-state index is 0.00987. The second-order valence-corrected chi connectivity index (χ2v) is 7.09. The van der Waals surface area contributed by atoms with Crippen LogP contribution in [0.25, 0.3) is 11.4 Å². The lowest BCUT2D eigenvalue weighted by atomic mass is 10.1. The quantitative estimate of drug-likeness (QED) is 0.323. The largest absolute Gasteiger partial charge is 0.497 e. The summed E-state index contributed by atoms with van der Waals surface area (Å²) in [5, 5.41) is 9.29. The molecular weight excluding hydrogens is 388 g/mol. The van der Waals surface area contributed by atoms with Gasteiger partial charge in [-0.05, 0) is 48.5 Å². The molecule has 0 saturated heterocycles. The Morgan fingerprint density at radius 2 is 1.90 bits per heavy atom. The summed E-state index contributed by atoms with van der Waals surface area (Å²) in [6.07, 6.45) is 5.05. The molecule has 4 rings (SSSR count). The van der Waals surface area contributed by atoms with Crippen molar-refractivity contribution in [2.24, 2.45) is 0 Å². The average molecular weight is 406 g/mol. The van der Waals surface area contributed by atoms with Crippen LogP contribution in [0.4, 0.5) is 0 Å². The van der Waals surface area contributed by atoms with E-state index in [9.17, 15) is 4.79 Å². The lowest BCUT2D eigenvalue weighted by molar-refractivity contribution is 0.102. The number of methoxy groups -OCH3 is 1. The van der Waals surface area contributed by atoms with Crippen LogP contribution < -0.4 is 4.74 Å². The number of ether oxygens (including phenoxy) is 1. The zero-order chi connectivity index (χ0) is 20.1. The molecule has 146 valence electrons. The molecule has 4 aromatic rings. The molecule has 0 bridgehead atoms. The van der Waals surface area contributed by atoms with Crippen LogP contribution in [0, 0.1) is 0 Å². The van der Waals surface area contributed by atoms with Crippen molar-refractivity contribution in [2.75, 3.05) is 12.9 Å². The van der Waals surface area contributed by atoms with E-state index in [2.05, 4.69) is 15.2 Å². The number of thioether (sulfide) groups is 1. The van der Waals surface area contributed by atoms with Crippen molar-refractivity contribution < 1.29 is 13.9 Å². The van der Waals surface area contributed by atoms with Crippen molar-refractivity contribution in [3.63, 3.8) is 0 Å². The number of ketones is 1. The smallest absolute Gasteiger partial charge is 0.192 e. The Labute approximate surface area is 171 Å². The number of carbonyl (C=O) groups is 1. The lowest BCUT2D eigenvalue weighted by Gasteiger charge is -2.09. The van der Waals surface area contributed by atoms with E-state index in [1.807, 2.05) is 28.8 Å². The van der Waals surface area contributed by atoms with Gasteiger partial charge in [0.2, 0.25) is 0 Å². The molecule has 3 heterocycles. The molecule has 0 spiro atoms. The Kier molecular flexibility index (Phi) is 5.71. The molecule has 0 atom stereocenters. The van der Waals surface area contributed by atoms with Crippen molar-refractivity contribution in [3.8, 4) is 17.1 Å². The maximum absolute atomic E-state index is 12.6. The van der Waals surface area contributed by atoms with Gasteiger partial charge in [-0.3, -0.25) is 14.3 Å². The van der Waals surface area contributed by atoms with E-state index >= 15 is 0 Å². The normalized spacial score (nSPS) is 10.8. The summed E-state index contributed by atoms with van der Waals surface area (Å²) in [5.41, 5.74) is 1.53. The predicted octanol–water partition coefficient (Wildman–Crippen LogP) is 3.97. The van der Waals surface area contributed by atoms with Gasteiger partial charge in [-0.1, -0.05) is 11.8 Å². The first-order chi connectivity index (χ1) is 14.2. The Morgan fingerprint density at radius 3 is 2.59 bits per heavy atom. The van der Waals surface area contributed by atoms with Crippen LogP contribution in [-0.4, -0.2) is 38.4 Å². The van der Waals surface area contributed by atoms with Crippen LogP contribution in [0.3, 0.4) is 0 Å². The lowest BCUT2D eigenvalue weighted by Crippen LogP contribution is -2.06. The van der Waals surface area contributed by atoms with Gasteiger partial charge < -0.3 is 9.15 Å². The molecule has 7 nitrogen and oxygen atoms in total. The van der Waals surface area contributed by atoms with Gasteiger partial charge in [-0.2, -0.15) is 0 Å². The fourth-order valence-corrected chi connectivity index (χ4v) is 3.63. The Hall–Kier alpha value is -3.39. The predicted molar refractivity (Wildman–Crippen MR) is 109 cm³/mol. The van der Waals surface area contributed by atoms with E-state index in [0.29, 0.717) is 23.1 Å². The summed E-state index contributed by atoms with van der Waals surface area (Å²) in [6.45, 7) is 0.469. The van der Waals surface area contributed by atoms with Gasteiger partial charge in [-0.15, -0.1) is 10.2 Å². The Morgan fingerprint density at radius 1 is 1.10 bits per heavy atom. The average Bonchev–Trinajstić information content (AvgIpc) is 3.43. The van der Waals surface area contributed by atoms with Gasteiger partial charge in [0.1, 0.15) is 11.5 Å². The molecule has 0 unspecified atom stereocenters. The number of furan rings is 1. The number of nitrogens with zero attached hydrogens (tertiary/aromatic N) is 4. The molecule has 0 amide bonds. The molecule has 1 aromatic carbocycles. The zero-order valence-corrected chi connectivity index (χ0v) is 16.5. The van der Waals surface area contributed by atoms with Crippen molar-refractivity contribution in [2.45, 2.75) is 11.7 Å². The summed E-state index contributed by atoms with van der Waals surface area (Å²) in [6, 6.07) is 14.6. The monoisotopic (exact) mass is 406 g/mol. The number of carbonyl (C=O) groups excluding carboxylic acids is 1. The minimum atomic E-state index is 0.00987. The highest BCUT2D eigenvalue weighted by atomic mass is 32.2. The van der Waals surface area contributed by atoms with E-state index < -0.39 is 0 Å². The van der Waals surface area contributed by atoms with E-state index in [1.54, 1.807) is 50.0 Å². The van der Waals surface area contributed by atoms with Crippen LogP contribution in [0.15, 0.2) is 76.8 Å². The fraction of sp³-hybridized carbons (Fsp3) is 0.143. The van der Waals surface area contributed by atoms with Crippen molar-refractivity contribution in [1.29, 1.82) is 0 Å². The third-order valence-electron chi connectivity index (χ3n) is 4.29. The maximum Gasteiger partial charge on any atom is 0.192 e. The molecule has 0 fully saturated rings. The van der Waals surface area contributed by atoms with E-state index in [0.717, 1.165) is 17.1 Å². The molecule has 0 N–H and O–H groups in total. The third kappa shape index (κ3) is 4.38. The number of hydrogen-bond acceptors (Lipinski definition) is 7. The summed E-state index contributed by atoms with van der Waals surface area (Å²) < 4.78 is 12.6. The zero-order valence-electron chi connectivity index (χ0n) is 15.7. The molecule has 8 heteroatoms. The maximum atomic E-state index is 12.6. The van der Waals surface area contributed by atoms with Gasteiger partial charge in [0.15, 0.2) is 16.8 Å². The number of pyridine rings is 1. The first-order valence-electron chi connectivity index (χ1n) is 8.90. The van der Waals surface area contributed by atoms with Crippen LogP contribution in [0.2, 0.25) is 0 Å². The van der Waals surface area contributed by atoms with Crippen LogP contribution in [0.1, 0.15) is 16.1 Å². The third-order valence-corrected chi connectivity index (χ3v) is 5.26. The second kappa shape index (κ2) is 8.74. The highest BCUT2D eigenvalue weighted by molar-refractivity contribution is 7.99. The van der Waals surface area contributed by atoms with Gasteiger partial charge in [0.05, 0.1) is 25.7 Å². The minimum Gasteiger partial charge on any atom is -0.497 e. The first kappa shape index (κ1) is 18.9. The molecule has 0 aliphatic rings. The van der Waals surface area contributed by atoms with Gasteiger partial charge in [0, 0.05) is 23.5 Å². The highest BCUT2D eigenvalue weighted by Crippen LogP contribution is 2.26. The number of aromatic nitrogens is 4. The number of Topliss-reactive ketones (excluding diaryl/α,β-unsaturated/α-hetero) is 1. The van der Waals surface area contributed by atoms with Crippen molar-refractivity contribution >= 4 is 17.5 Å². The molecule has 0 radical (unpaired) electrons. The molecule has 0 saturated carbocycles. The van der Waals surface area contributed by atoms with Crippen LogP contribution in [0.5, 0.6) is 5.75 Å². The molecule has 29 heavy (non-hydrogen) atoms. The Balaban J connectivity index is 1.56. The first-order valence-corrected chi connectivity index (χ1v) is 9.89. The standard InChI is InChI=1S/C21H18N4O3S/c1-27-17-6-4-15(5-7-17)19(26)14-29-21-24-23-20(16-8-10-22-11-9-16)25(21)13-18-3-2-12-28-18/h2-12H,13-14H2,1H3.